The van der Waals surface area contributed by atoms with Crippen molar-refractivity contribution in [2.24, 2.45) is 0 Å². The summed E-state index contributed by atoms with van der Waals surface area (Å²) in [5.74, 6) is 1.71. The van der Waals surface area contributed by atoms with E-state index < -0.39 is 0 Å². The minimum atomic E-state index is -0.269. The molecule has 0 amide bonds. The average Bonchev–Trinajstić information content (AvgIpc) is 2.82. The number of methoxy groups -OCH3 is 1. The maximum Gasteiger partial charge on any atom is 0.235 e. The van der Waals surface area contributed by atoms with Crippen LogP contribution in [0, 0.1) is 5.82 Å². The maximum absolute atomic E-state index is 13.2. The van der Waals surface area contributed by atoms with Gasteiger partial charge in [0.05, 0.1) is 18.1 Å². The van der Waals surface area contributed by atoms with Crippen LogP contribution in [0.4, 0.5) is 4.39 Å². The van der Waals surface area contributed by atoms with Crippen LogP contribution in [0.25, 0.3) is 11.0 Å². The third-order valence-electron chi connectivity index (χ3n) is 5.36. The van der Waals surface area contributed by atoms with Crippen molar-refractivity contribution >= 4 is 11.0 Å². The third-order valence-corrected chi connectivity index (χ3v) is 5.36. The van der Waals surface area contributed by atoms with Crippen molar-refractivity contribution in [3.05, 3.63) is 94.1 Å². The molecule has 0 saturated carbocycles. The number of hydrogen-bond donors (Lipinski definition) is 0. The molecule has 1 aromatic heterocycles. The molecule has 1 aliphatic rings. The first-order valence-corrected chi connectivity index (χ1v) is 10.1. The van der Waals surface area contributed by atoms with Crippen molar-refractivity contribution in [2.75, 3.05) is 13.8 Å². The Morgan fingerprint density at radius 2 is 1.75 bits per heavy atom. The van der Waals surface area contributed by atoms with Crippen LogP contribution in [-0.4, -0.2) is 18.7 Å². The highest BCUT2D eigenvalue weighted by Crippen LogP contribution is 2.33. The van der Waals surface area contributed by atoms with E-state index in [9.17, 15) is 9.18 Å². The van der Waals surface area contributed by atoms with E-state index in [-0.39, 0.29) is 17.0 Å². The molecule has 5 rings (SSSR count). The molecule has 6 nitrogen and oxygen atoms in total. The largest absolute Gasteiger partial charge is 0.497 e. The van der Waals surface area contributed by atoms with Crippen LogP contribution in [-0.2, 0) is 13.1 Å². The zero-order valence-electron chi connectivity index (χ0n) is 17.3. The van der Waals surface area contributed by atoms with Gasteiger partial charge in [0.1, 0.15) is 41.6 Å². The number of fused-ring (bicyclic) bond motifs is 3. The number of hydrogen-bond acceptors (Lipinski definition) is 6. The number of ether oxygens (including phenoxy) is 3. The molecule has 0 spiro atoms. The number of rotatable bonds is 5. The van der Waals surface area contributed by atoms with E-state index in [4.69, 9.17) is 18.6 Å². The first kappa shape index (κ1) is 20.1. The smallest absolute Gasteiger partial charge is 0.235 e. The molecular weight excluding hydrogens is 413 g/mol. The van der Waals surface area contributed by atoms with E-state index in [1.807, 2.05) is 0 Å². The van der Waals surface area contributed by atoms with Gasteiger partial charge in [-0.3, -0.25) is 9.69 Å². The summed E-state index contributed by atoms with van der Waals surface area (Å²) in [6, 6.07) is 16.8. The fourth-order valence-electron chi connectivity index (χ4n) is 3.73. The Bertz CT molecular complexity index is 1320. The Labute approximate surface area is 183 Å². The molecule has 0 bridgehead atoms. The molecular formula is C25H20FNO5. The third kappa shape index (κ3) is 3.90. The lowest BCUT2D eigenvalue weighted by atomic mass is 10.1. The van der Waals surface area contributed by atoms with Gasteiger partial charge in [-0.25, -0.2) is 4.39 Å². The van der Waals surface area contributed by atoms with Gasteiger partial charge < -0.3 is 18.6 Å². The highest BCUT2D eigenvalue weighted by atomic mass is 19.1. The van der Waals surface area contributed by atoms with Gasteiger partial charge in [0.2, 0.25) is 11.2 Å². The Morgan fingerprint density at radius 3 is 2.50 bits per heavy atom. The summed E-state index contributed by atoms with van der Waals surface area (Å²) in [7, 11) is 1.58. The van der Waals surface area contributed by atoms with Crippen LogP contribution in [0.3, 0.4) is 0 Å². The van der Waals surface area contributed by atoms with Gasteiger partial charge in [-0.2, -0.15) is 0 Å². The van der Waals surface area contributed by atoms with Gasteiger partial charge in [-0.1, -0.05) is 12.1 Å². The van der Waals surface area contributed by atoms with Crippen molar-refractivity contribution in [1.29, 1.82) is 0 Å². The Hall–Kier alpha value is -3.84. The van der Waals surface area contributed by atoms with Crippen molar-refractivity contribution < 1.29 is 23.0 Å². The minimum Gasteiger partial charge on any atom is -0.497 e. The van der Waals surface area contributed by atoms with E-state index in [2.05, 4.69) is 4.90 Å². The molecule has 0 atom stereocenters. The minimum absolute atomic E-state index is 0.0995. The second kappa shape index (κ2) is 8.36. The Morgan fingerprint density at radius 1 is 1.00 bits per heavy atom. The van der Waals surface area contributed by atoms with Crippen LogP contribution in [0.1, 0.15) is 11.1 Å². The molecule has 2 heterocycles. The van der Waals surface area contributed by atoms with Crippen LogP contribution in [0.5, 0.6) is 23.0 Å². The molecule has 0 radical (unpaired) electrons. The summed E-state index contributed by atoms with van der Waals surface area (Å²) in [4.78, 5) is 15.1. The van der Waals surface area contributed by atoms with Gasteiger partial charge in [-0.05, 0) is 54.1 Å². The van der Waals surface area contributed by atoms with E-state index in [1.54, 1.807) is 55.6 Å². The SMILES string of the molecule is COc1ccc(Oc2coc3c4c(ccc3c2=O)OCN(Cc2ccc(F)cc2)C4)cc1. The zero-order chi connectivity index (χ0) is 22.1. The fraction of sp³-hybridized carbons (Fsp3) is 0.160. The monoisotopic (exact) mass is 433 g/mol. The summed E-state index contributed by atoms with van der Waals surface area (Å²) in [6.07, 6.45) is 1.33. The first-order chi connectivity index (χ1) is 15.6. The van der Waals surface area contributed by atoms with Crippen molar-refractivity contribution in [2.45, 2.75) is 13.1 Å². The molecule has 0 N–H and O–H groups in total. The van der Waals surface area contributed by atoms with Crippen LogP contribution < -0.4 is 19.6 Å². The van der Waals surface area contributed by atoms with E-state index in [1.165, 1.54) is 18.4 Å². The number of halogens is 1. The van der Waals surface area contributed by atoms with Gasteiger partial charge in [-0.15, -0.1) is 0 Å². The van der Waals surface area contributed by atoms with Gasteiger partial charge in [0.15, 0.2) is 0 Å². The molecule has 0 unspecified atom stereocenters. The highest BCUT2D eigenvalue weighted by molar-refractivity contribution is 5.83. The molecule has 0 aliphatic carbocycles. The summed E-state index contributed by atoms with van der Waals surface area (Å²) in [6.45, 7) is 1.50. The summed E-state index contributed by atoms with van der Waals surface area (Å²) in [5, 5.41) is 0.419. The maximum atomic E-state index is 13.2. The molecule has 0 fully saturated rings. The standard InChI is InChI=1S/C25H20FNO5/c1-29-18-6-8-19(9-7-18)32-23-14-30-25-20(24(23)28)10-11-22-21(25)13-27(15-31-22)12-16-2-4-17(26)5-3-16/h2-11,14H,12-13,15H2,1H3. The second-order valence-electron chi connectivity index (χ2n) is 7.51. The van der Waals surface area contributed by atoms with Gasteiger partial charge >= 0.3 is 0 Å². The fourth-order valence-corrected chi connectivity index (χ4v) is 3.73. The molecule has 0 saturated heterocycles. The quantitative estimate of drug-likeness (QED) is 0.437. The van der Waals surface area contributed by atoms with Crippen molar-refractivity contribution in [3.8, 4) is 23.0 Å². The van der Waals surface area contributed by atoms with E-state index in [0.717, 1.165) is 11.1 Å². The molecule has 3 aromatic carbocycles. The molecule has 162 valence electrons. The van der Waals surface area contributed by atoms with Crippen molar-refractivity contribution in [1.82, 2.24) is 4.90 Å². The number of benzene rings is 3. The molecule has 1 aliphatic heterocycles. The number of nitrogens with zero attached hydrogens (tertiary/aromatic N) is 1. The lowest BCUT2D eigenvalue weighted by Gasteiger charge is -2.29. The normalized spacial score (nSPS) is 13.4. The van der Waals surface area contributed by atoms with Crippen LogP contribution in [0.2, 0.25) is 0 Å². The lowest BCUT2D eigenvalue weighted by molar-refractivity contribution is 0.0890. The van der Waals surface area contributed by atoms with Gasteiger partial charge in [0, 0.05) is 13.1 Å². The topological polar surface area (TPSA) is 61.1 Å². The van der Waals surface area contributed by atoms with E-state index in [0.29, 0.717) is 48.0 Å². The lowest BCUT2D eigenvalue weighted by Crippen LogP contribution is -2.31. The van der Waals surface area contributed by atoms with Crippen LogP contribution >= 0.6 is 0 Å². The zero-order valence-corrected chi connectivity index (χ0v) is 17.3. The molecule has 7 heteroatoms. The summed E-state index contributed by atoms with van der Waals surface area (Å²) in [5.41, 5.74) is 1.97. The van der Waals surface area contributed by atoms with Crippen molar-refractivity contribution in [3.63, 3.8) is 0 Å². The molecule has 4 aromatic rings. The second-order valence-corrected chi connectivity index (χ2v) is 7.51. The average molecular weight is 433 g/mol. The summed E-state index contributed by atoms with van der Waals surface area (Å²) >= 11 is 0. The highest BCUT2D eigenvalue weighted by Gasteiger charge is 2.23. The predicted molar refractivity (Wildman–Crippen MR) is 117 cm³/mol. The first-order valence-electron chi connectivity index (χ1n) is 10.1. The van der Waals surface area contributed by atoms with Crippen LogP contribution in [0.15, 0.2) is 76.1 Å². The van der Waals surface area contributed by atoms with Gasteiger partial charge in [0.25, 0.3) is 0 Å². The van der Waals surface area contributed by atoms with E-state index >= 15 is 0 Å². The Kier molecular flexibility index (Phi) is 5.25. The predicted octanol–water partition coefficient (Wildman–Crippen LogP) is 5.09. The Balaban J connectivity index is 1.42. The molecule has 32 heavy (non-hydrogen) atoms. The summed E-state index contributed by atoms with van der Waals surface area (Å²) < 4.78 is 35.8.